The predicted octanol–water partition coefficient (Wildman–Crippen LogP) is 1.69. The summed E-state index contributed by atoms with van der Waals surface area (Å²) >= 11 is 0. The molecule has 0 aliphatic rings. The van der Waals surface area contributed by atoms with Gasteiger partial charge in [0.25, 0.3) is 0 Å². The Bertz CT molecular complexity index is 340. The van der Waals surface area contributed by atoms with Gasteiger partial charge in [-0.05, 0) is 32.1 Å². The minimum atomic E-state index is -0.627. The van der Waals surface area contributed by atoms with E-state index in [1.165, 1.54) is 0 Å². The molecule has 0 spiro atoms. The highest BCUT2D eigenvalue weighted by Gasteiger charge is 2.27. The van der Waals surface area contributed by atoms with Crippen molar-refractivity contribution in [1.82, 2.24) is 10.6 Å². The number of carbonyl (C=O) groups excluding carboxylic acids is 2. The van der Waals surface area contributed by atoms with Gasteiger partial charge < -0.3 is 15.7 Å². The molecule has 21 heavy (non-hydrogen) atoms. The first-order chi connectivity index (χ1) is 9.56. The Morgan fingerprint density at radius 1 is 0.905 bits per heavy atom. The molecular formula is C16H32N2O3. The van der Waals surface area contributed by atoms with Crippen molar-refractivity contribution in [3.05, 3.63) is 0 Å². The summed E-state index contributed by atoms with van der Waals surface area (Å²) in [6.45, 7) is 13.2. The summed E-state index contributed by atoms with van der Waals surface area (Å²) in [5, 5.41) is 15.0. The number of hydrogen-bond acceptors (Lipinski definition) is 3. The molecule has 0 aliphatic carbocycles. The van der Waals surface area contributed by atoms with E-state index < -0.39 is 12.1 Å². The van der Waals surface area contributed by atoms with Crippen LogP contribution < -0.4 is 10.6 Å². The second-order valence-electron chi connectivity index (χ2n) is 6.80. The second-order valence-corrected chi connectivity index (χ2v) is 6.80. The van der Waals surface area contributed by atoms with Crippen LogP contribution in [-0.4, -0.2) is 35.1 Å². The van der Waals surface area contributed by atoms with Gasteiger partial charge in [-0.3, -0.25) is 9.59 Å². The van der Waals surface area contributed by atoms with E-state index in [9.17, 15) is 14.7 Å². The highest BCUT2D eigenvalue weighted by atomic mass is 16.3. The van der Waals surface area contributed by atoms with Crippen LogP contribution in [0.1, 0.15) is 54.9 Å². The first-order valence-corrected chi connectivity index (χ1v) is 7.85. The fourth-order valence-corrected chi connectivity index (χ4v) is 2.08. The number of hydrogen-bond donors (Lipinski definition) is 3. The molecule has 0 heterocycles. The molecule has 2 amide bonds. The zero-order valence-corrected chi connectivity index (χ0v) is 14.4. The number of aliphatic hydroxyl groups is 1. The van der Waals surface area contributed by atoms with Gasteiger partial charge in [-0.25, -0.2) is 0 Å². The molecule has 0 aliphatic heterocycles. The van der Waals surface area contributed by atoms with Crippen molar-refractivity contribution in [3.63, 3.8) is 0 Å². The van der Waals surface area contributed by atoms with Crippen molar-refractivity contribution in [1.29, 1.82) is 0 Å². The van der Waals surface area contributed by atoms with E-state index in [0.717, 1.165) is 6.42 Å². The molecule has 0 aromatic rings. The summed E-state index contributed by atoms with van der Waals surface area (Å²) in [5.74, 6) is -0.0345. The number of aliphatic hydroxyl groups excluding tert-OH is 1. The van der Waals surface area contributed by atoms with Gasteiger partial charge >= 0.3 is 0 Å². The number of carbonyl (C=O) groups is 2. The largest absolute Gasteiger partial charge is 0.391 e. The maximum atomic E-state index is 12.2. The zero-order chi connectivity index (χ0) is 16.7. The summed E-state index contributed by atoms with van der Waals surface area (Å²) in [7, 11) is 0. The number of amides is 2. The van der Waals surface area contributed by atoms with Gasteiger partial charge in [-0.2, -0.15) is 0 Å². The summed E-state index contributed by atoms with van der Waals surface area (Å²) in [6.07, 6.45) is 0.167. The van der Waals surface area contributed by atoms with Gasteiger partial charge in [0.05, 0.1) is 12.1 Å². The van der Waals surface area contributed by atoms with E-state index >= 15 is 0 Å². The van der Waals surface area contributed by atoms with E-state index in [0.29, 0.717) is 5.92 Å². The summed E-state index contributed by atoms with van der Waals surface area (Å²) < 4.78 is 0. The third kappa shape index (κ3) is 7.46. The molecule has 0 rings (SSSR count). The highest BCUT2D eigenvalue weighted by Crippen LogP contribution is 2.12. The quantitative estimate of drug-likeness (QED) is 0.638. The number of rotatable bonds is 8. The molecule has 0 unspecified atom stereocenters. The van der Waals surface area contributed by atoms with Gasteiger partial charge in [0, 0.05) is 5.92 Å². The lowest BCUT2D eigenvalue weighted by Gasteiger charge is -2.26. The lowest BCUT2D eigenvalue weighted by Crippen LogP contribution is -2.54. The zero-order valence-electron chi connectivity index (χ0n) is 14.4. The van der Waals surface area contributed by atoms with E-state index in [-0.39, 0.29) is 29.7 Å². The normalized spacial score (nSPS) is 17.2. The molecule has 0 bridgehead atoms. The van der Waals surface area contributed by atoms with Crippen LogP contribution in [0.2, 0.25) is 0 Å². The minimum absolute atomic E-state index is 0.0126. The smallest absolute Gasteiger partial charge is 0.243 e. The molecule has 0 saturated heterocycles. The highest BCUT2D eigenvalue weighted by molar-refractivity contribution is 5.88. The fraction of sp³-hybridized carbons (Fsp3) is 0.875. The fourth-order valence-electron chi connectivity index (χ4n) is 2.08. The van der Waals surface area contributed by atoms with Gasteiger partial charge in [0.2, 0.25) is 11.8 Å². The molecule has 3 N–H and O–H groups in total. The Morgan fingerprint density at radius 3 is 1.81 bits per heavy atom. The maximum absolute atomic E-state index is 12.2. The monoisotopic (exact) mass is 300 g/mol. The van der Waals surface area contributed by atoms with Gasteiger partial charge in [0.1, 0.15) is 6.04 Å². The topological polar surface area (TPSA) is 78.4 Å². The van der Waals surface area contributed by atoms with Crippen molar-refractivity contribution in [2.24, 2.45) is 17.8 Å². The van der Waals surface area contributed by atoms with Crippen molar-refractivity contribution >= 4 is 11.8 Å². The lowest BCUT2D eigenvalue weighted by molar-refractivity contribution is -0.132. The van der Waals surface area contributed by atoms with Crippen molar-refractivity contribution in [2.75, 3.05) is 0 Å². The van der Waals surface area contributed by atoms with Crippen molar-refractivity contribution in [3.8, 4) is 0 Å². The summed E-state index contributed by atoms with van der Waals surface area (Å²) in [4.78, 5) is 24.4. The first-order valence-electron chi connectivity index (χ1n) is 7.85. The Kier molecular flexibility index (Phi) is 8.55. The third-order valence-corrected chi connectivity index (χ3v) is 3.61. The van der Waals surface area contributed by atoms with Crippen molar-refractivity contribution in [2.45, 2.75) is 73.1 Å². The molecule has 0 aromatic carbocycles. The van der Waals surface area contributed by atoms with E-state index in [2.05, 4.69) is 24.5 Å². The molecule has 5 heteroatoms. The Hall–Kier alpha value is -1.10. The molecule has 4 atom stereocenters. The van der Waals surface area contributed by atoms with Gasteiger partial charge in [0.15, 0.2) is 0 Å². The molecule has 0 saturated carbocycles. The van der Waals surface area contributed by atoms with Gasteiger partial charge in [-0.1, -0.05) is 34.6 Å². The standard InChI is InChI=1S/C16H32N2O3/c1-9(2)8-11(5)15(20)18-14(10(3)4)16(21)17-12(6)13(7)19/h9-14,19H,8H2,1-7H3,(H,17,21)(H,18,20)/t11-,12+,13+,14-/m0/s1. The molecule has 124 valence electrons. The average Bonchev–Trinajstić information content (AvgIpc) is 2.33. The molecule has 0 aromatic heterocycles. The van der Waals surface area contributed by atoms with Gasteiger partial charge in [-0.15, -0.1) is 0 Å². The van der Waals surface area contributed by atoms with Crippen LogP contribution in [0.15, 0.2) is 0 Å². The van der Waals surface area contributed by atoms with E-state index in [4.69, 9.17) is 0 Å². The molecule has 0 radical (unpaired) electrons. The van der Waals surface area contributed by atoms with Crippen LogP contribution in [0.3, 0.4) is 0 Å². The molecular weight excluding hydrogens is 268 g/mol. The third-order valence-electron chi connectivity index (χ3n) is 3.61. The van der Waals surface area contributed by atoms with Crippen molar-refractivity contribution < 1.29 is 14.7 Å². The van der Waals surface area contributed by atoms with Crippen LogP contribution in [-0.2, 0) is 9.59 Å². The predicted molar refractivity (Wildman–Crippen MR) is 84.7 cm³/mol. The maximum Gasteiger partial charge on any atom is 0.243 e. The summed E-state index contributed by atoms with van der Waals surface area (Å²) in [5.41, 5.74) is 0. The van der Waals surface area contributed by atoms with E-state index in [1.807, 2.05) is 20.8 Å². The molecule has 5 nitrogen and oxygen atoms in total. The Balaban J connectivity index is 4.69. The van der Waals surface area contributed by atoms with Crippen LogP contribution in [0, 0.1) is 17.8 Å². The first kappa shape index (κ1) is 19.9. The Morgan fingerprint density at radius 2 is 1.43 bits per heavy atom. The minimum Gasteiger partial charge on any atom is -0.391 e. The average molecular weight is 300 g/mol. The van der Waals surface area contributed by atoms with E-state index in [1.54, 1.807) is 13.8 Å². The number of nitrogens with one attached hydrogen (secondary N) is 2. The van der Waals surface area contributed by atoms with Crippen LogP contribution in [0.4, 0.5) is 0 Å². The van der Waals surface area contributed by atoms with Crippen LogP contribution in [0.5, 0.6) is 0 Å². The summed E-state index contributed by atoms with van der Waals surface area (Å²) in [6, 6.07) is -0.919. The lowest BCUT2D eigenvalue weighted by atomic mass is 9.96. The second kappa shape index (κ2) is 9.03. The Labute approximate surface area is 128 Å². The van der Waals surface area contributed by atoms with Crippen LogP contribution in [0.25, 0.3) is 0 Å². The van der Waals surface area contributed by atoms with Crippen LogP contribution >= 0.6 is 0 Å². The SMILES string of the molecule is CC(C)C[C@H](C)C(=O)N[C@H](C(=O)N[C@H](C)[C@@H](C)O)C(C)C. The molecule has 0 fully saturated rings.